The molecule has 0 heterocycles. The zero-order chi connectivity index (χ0) is 18.0. The second-order valence-corrected chi connectivity index (χ2v) is 8.43. The number of rotatable bonds is 14. The van der Waals surface area contributed by atoms with Crippen molar-refractivity contribution in [1.82, 2.24) is 0 Å². The molecule has 3 nitrogen and oxygen atoms in total. The Morgan fingerprint density at radius 1 is 0.826 bits per heavy atom. The van der Waals surface area contributed by atoms with Crippen molar-refractivity contribution in [3.8, 4) is 0 Å². The second-order valence-electron chi connectivity index (χ2n) is 6.35. The zero-order valence-corrected chi connectivity index (χ0v) is 17.3. The van der Waals surface area contributed by atoms with Gasteiger partial charge in [0.2, 0.25) is 0 Å². The summed E-state index contributed by atoms with van der Waals surface area (Å²) in [6.45, 7) is 6.65. The Kier molecular flexibility index (Phi) is 21.3. The van der Waals surface area contributed by atoms with Crippen LogP contribution in [0.25, 0.3) is 0 Å². The molecule has 0 N–H and O–H groups in total. The maximum absolute atomic E-state index is 10.3. The summed E-state index contributed by atoms with van der Waals surface area (Å²) in [4.78, 5) is 20.6. The molecule has 5 heteroatoms. The van der Waals surface area contributed by atoms with Crippen molar-refractivity contribution in [3.05, 3.63) is 0 Å². The fraction of sp³-hybridized carbons (Fsp3) is 1.00. The van der Waals surface area contributed by atoms with Gasteiger partial charge >= 0.3 is 66.3 Å². The summed E-state index contributed by atoms with van der Waals surface area (Å²) in [7, 11) is -4.23. The summed E-state index contributed by atoms with van der Waals surface area (Å²) in [5.74, 6) is 0.838. The molecule has 0 amide bonds. The van der Waals surface area contributed by atoms with Crippen LogP contribution < -0.4 is 9.79 Å². The monoisotopic (exact) mass is 391 g/mol. The van der Waals surface area contributed by atoms with Crippen LogP contribution in [0.5, 0.6) is 0 Å². The summed E-state index contributed by atoms with van der Waals surface area (Å²) >= 11 is 4.72. The van der Waals surface area contributed by atoms with E-state index in [9.17, 15) is 14.4 Å². The number of hydrogen-bond donors (Lipinski definition) is 0. The van der Waals surface area contributed by atoms with E-state index in [1.165, 1.54) is 57.8 Å². The van der Waals surface area contributed by atoms with Crippen LogP contribution in [-0.2, 0) is 20.0 Å². The summed E-state index contributed by atoms with van der Waals surface area (Å²) in [5, 5.41) is 0.997. The van der Waals surface area contributed by atoms with Crippen molar-refractivity contribution in [3.63, 3.8) is 0 Å². The standard InChI is InChI=1S/C10H23O3P.C8H17.Ni/c1-2-3-4-5-6-7-8-9-10-14(11,12)13;1-4-6-7-8(3)5-2;/h2-10H2,1H3,(H2,11,12,13);8H,3-7H2,1-2H3;/q;;+2/p-2. The van der Waals surface area contributed by atoms with Crippen molar-refractivity contribution >= 4 is 7.60 Å². The first-order valence-corrected chi connectivity index (χ1v) is 11.9. The molecule has 1 atom stereocenters. The van der Waals surface area contributed by atoms with Crippen molar-refractivity contribution in [2.75, 3.05) is 6.16 Å². The maximum atomic E-state index is 10.3. The minimum absolute atomic E-state index is 0.165. The number of unbranched alkanes of at least 4 members (excludes halogenated alkanes) is 8. The Morgan fingerprint density at radius 2 is 1.30 bits per heavy atom. The van der Waals surface area contributed by atoms with Gasteiger partial charge < -0.3 is 14.4 Å². The van der Waals surface area contributed by atoms with Crippen LogP contribution in [0.1, 0.15) is 97.8 Å². The van der Waals surface area contributed by atoms with Crippen LogP contribution in [0.15, 0.2) is 0 Å². The average Bonchev–Trinajstić information content (AvgIpc) is 2.51. The molecule has 0 spiro atoms. The maximum Gasteiger partial charge on any atom is -0.0250 e. The molecular weight excluding hydrogens is 354 g/mol. The molecule has 0 radical (unpaired) electrons. The molecule has 0 saturated carbocycles. The fourth-order valence-electron chi connectivity index (χ4n) is 2.29. The van der Waals surface area contributed by atoms with E-state index < -0.39 is 7.60 Å². The quantitative estimate of drug-likeness (QED) is 0.232. The smallest absolute Gasteiger partial charge is 0.0250 e. The third-order valence-corrected chi connectivity index (χ3v) is 5.45. The van der Waals surface area contributed by atoms with E-state index in [4.69, 9.17) is 15.5 Å². The van der Waals surface area contributed by atoms with Gasteiger partial charge in [-0.05, 0) is 12.6 Å². The van der Waals surface area contributed by atoms with Crippen molar-refractivity contribution < 1.29 is 29.8 Å². The molecular formula is C18H38NiO3P. The van der Waals surface area contributed by atoms with Crippen LogP contribution >= 0.6 is 7.60 Å². The van der Waals surface area contributed by atoms with Gasteiger partial charge in [0, 0.05) is 0 Å². The minimum Gasteiger partial charge on any atom is -0.811 e. The largest absolute Gasteiger partial charge is 0.811 e. The van der Waals surface area contributed by atoms with Gasteiger partial charge in [0.05, 0.1) is 0 Å². The Bertz CT molecular complexity index is 265. The Hall–Kier alpha value is 0.644. The third-order valence-electron chi connectivity index (χ3n) is 4.01. The van der Waals surface area contributed by atoms with Crippen LogP contribution in [0, 0.1) is 5.92 Å². The molecule has 0 fully saturated rings. The van der Waals surface area contributed by atoms with E-state index in [-0.39, 0.29) is 6.16 Å². The molecule has 0 rings (SSSR count). The van der Waals surface area contributed by atoms with E-state index in [2.05, 4.69) is 20.8 Å². The average molecular weight is 392 g/mol. The molecule has 0 aliphatic carbocycles. The molecule has 1 unspecified atom stereocenters. The van der Waals surface area contributed by atoms with E-state index in [1.807, 2.05) is 0 Å². The normalized spacial score (nSPS) is 12.6. The molecule has 0 aromatic rings. The first-order chi connectivity index (χ1) is 10.9. The van der Waals surface area contributed by atoms with Crippen LogP contribution in [0.4, 0.5) is 0 Å². The predicted octanol–water partition coefficient (Wildman–Crippen LogP) is 5.21. The van der Waals surface area contributed by atoms with E-state index in [0.29, 0.717) is 6.42 Å². The fourth-order valence-corrected chi connectivity index (χ4v) is 3.39. The van der Waals surface area contributed by atoms with Gasteiger partial charge in [0.15, 0.2) is 0 Å². The van der Waals surface area contributed by atoms with Gasteiger partial charge in [-0.2, -0.15) is 0 Å². The molecule has 0 aromatic carbocycles. The summed E-state index contributed by atoms with van der Waals surface area (Å²) in [6, 6.07) is 0. The molecule has 0 aliphatic heterocycles. The van der Waals surface area contributed by atoms with E-state index in [0.717, 1.165) is 24.2 Å². The molecule has 23 heavy (non-hydrogen) atoms. The van der Waals surface area contributed by atoms with Crippen molar-refractivity contribution in [2.24, 2.45) is 5.92 Å². The molecule has 143 valence electrons. The zero-order valence-electron chi connectivity index (χ0n) is 15.5. The molecule has 0 aliphatic rings. The van der Waals surface area contributed by atoms with Gasteiger partial charge in [0.25, 0.3) is 0 Å². The van der Waals surface area contributed by atoms with Gasteiger partial charge in [-0.25, -0.2) is 0 Å². The van der Waals surface area contributed by atoms with Gasteiger partial charge in [-0.3, -0.25) is 0 Å². The topological polar surface area (TPSA) is 63.2 Å². The Labute approximate surface area is 152 Å². The molecule has 0 bridgehead atoms. The first-order valence-electron chi connectivity index (χ1n) is 9.43. The van der Waals surface area contributed by atoms with Crippen LogP contribution in [0.2, 0.25) is 5.39 Å². The molecule has 0 saturated heterocycles. The second kappa shape index (κ2) is 19.0. The van der Waals surface area contributed by atoms with E-state index in [1.54, 1.807) is 0 Å². The summed E-state index contributed by atoms with van der Waals surface area (Å²) in [6.07, 6.45) is 13.8. The third kappa shape index (κ3) is 25.0. The van der Waals surface area contributed by atoms with E-state index >= 15 is 0 Å². The Balaban J connectivity index is 0. The SMILES string of the molecule is CCCCC(CC)[CH2][Ni+2].CCCCCCCCCCP(=O)([O-])[O-]. The van der Waals surface area contributed by atoms with Crippen molar-refractivity contribution in [1.29, 1.82) is 0 Å². The van der Waals surface area contributed by atoms with Gasteiger partial charge in [-0.1, -0.05) is 59.5 Å². The van der Waals surface area contributed by atoms with Crippen LogP contribution in [0.3, 0.4) is 0 Å². The predicted molar refractivity (Wildman–Crippen MR) is 93.2 cm³/mol. The van der Waals surface area contributed by atoms with Gasteiger partial charge in [-0.15, -0.1) is 0 Å². The van der Waals surface area contributed by atoms with Gasteiger partial charge in [0.1, 0.15) is 0 Å². The minimum atomic E-state index is -4.23. The number of hydrogen-bond acceptors (Lipinski definition) is 3. The molecule has 0 aromatic heterocycles. The Morgan fingerprint density at radius 3 is 1.70 bits per heavy atom. The van der Waals surface area contributed by atoms with Crippen molar-refractivity contribution in [2.45, 2.75) is 103 Å². The first kappa shape index (κ1) is 25.9. The van der Waals surface area contributed by atoms with Crippen LogP contribution in [-0.4, -0.2) is 6.16 Å². The summed E-state index contributed by atoms with van der Waals surface area (Å²) < 4.78 is 10.3. The summed E-state index contributed by atoms with van der Waals surface area (Å²) in [5.41, 5.74) is 0.